The lowest BCUT2D eigenvalue weighted by Gasteiger charge is -2.26. The summed E-state index contributed by atoms with van der Waals surface area (Å²) in [5.74, 6) is 0.0672. The van der Waals surface area contributed by atoms with Crippen molar-refractivity contribution in [3.8, 4) is 0 Å². The number of carbonyl (C=O) groups excluding carboxylic acids is 1. The van der Waals surface area contributed by atoms with E-state index in [9.17, 15) is 9.59 Å². The van der Waals surface area contributed by atoms with Gasteiger partial charge in [-0.15, -0.1) is 11.8 Å². The lowest BCUT2D eigenvalue weighted by Crippen LogP contribution is -2.30. The van der Waals surface area contributed by atoms with E-state index in [4.69, 9.17) is 16.6 Å². The number of hydrogen-bond acceptors (Lipinski definition) is 5. The number of thioether (sulfide) groups is 2. The van der Waals surface area contributed by atoms with Gasteiger partial charge in [-0.3, -0.25) is 14.2 Å². The predicted octanol–water partition coefficient (Wildman–Crippen LogP) is 5.17. The maximum absolute atomic E-state index is 13.3. The highest BCUT2D eigenvalue weighted by Gasteiger charge is 2.29. The fourth-order valence-corrected chi connectivity index (χ4v) is 6.14. The Morgan fingerprint density at radius 2 is 2.14 bits per heavy atom. The second-order valence-electron chi connectivity index (χ2n) is 7.62. The Morgan fingerprint density at radius 3 is 2.90 bits per heavy atom. The van der Waals surface area contributed by atoms with E-state index in [0.717, 1.165) is 42.7 Å². The van der Waals surface area contributed by atoms with Gasteiger partial charge >= 0.3 is 0 Å². The zero-order chi connectivity index (χ0) is 20.4. The molecule has 1 aromatic heterocycles. The Morgan fingerprint density at radius 1 is 1.34 bits per heavy atom. The molecule has 0 radical (unpaired) electrons. The Hall–Kier alpha value is -1.44. The molecule has 1 saturated carbocycles. The average Bonchev–Trinajstić information content (AvgIpc) is 3.08. The highest BCUT2D eigenvalue weighted by molar-refractivity contribution is 8.00. The molecule has 1 unspecified atom stereocenters. The number of nitrogens with one attached hydrogen (secondary N) is 1. The highest BCUT2D eigenvalue weighted by atomic mass is 35.5. The van der Waals surface area contributed by atoms with Crippen molar-refractivity contribution >= 4 is 46.7 Å². The van der Waals surface area contributed by atoms with E-state index in [-0.39, 0.29) is 23.3 Å². The summed E-state index contributed by atoms with van der Waals surface area (Å²) in [6.07, 6.45) is 6.31. The van der Waals surface area contributed by atoms with E-state index in [2.05, 4.69) is 12.2 Å². The number of halogens is 1. The second kappa shape index (κ2) is 9.14. The fraction of sp³-hybridized carbons (Fsp3) is 0.476. The Labute approximate surface area is 184 Å². The van der Waals surface area contributed by atoms with Crippen LogP contribution in [0.4, 0.5) is 5.69 Å². The van der Waals surface area contributed by atoms with Crippen LogP contribution in [-0.2, 0) is 11.2 Å². The highest BCUT2D eigenvalue weighted by Crippen LogP contribution is 2.37. The third-order valence-electron chi connectivity index (χ3n) is 5.29. The zero-order valence-electron chi connectivity index (χ0n) is 16.3. The molecule has 1 N–H and O–H groups in total. The molecule has 154 valence electrons. The first-order valence-corrected chi connectivity index (χ1v) is 12.3. The molecule has 1 aromatic carbocycles. The van der Waals surface area contributed by atoms with Crippen LogP contribution in [0.5, 0.6) is 0 Å². The molecule has 1 atom stereocenters. The summed E-state index contributed by atoms with van der Waals surface area (Å²) in [5.41, 5.74) is 1.63. The van der Waals surface area contributed by atoms with Crippen LogP contribution in [0.1, 0.15) is 50.8 Å². The lowest BCUT2D eigenvalue weighted by molar-refractivity contribution is -0.113. The maximum Gasteiger partial charge on any atom is 0.268 e. The van der Waals surface area contributed by atoms with E-state index in [1.165, 1.54) is 18.2 Å². The van der Waals surface area contributed by atoms with Crippen LogP contribution in [0.2, 0.25) is 5.02 Å². The van der Waals surface area contributed by atoms with Gasteiger partial charge in [-0.05, 0) is 31.0 Å². The fourth-order valence-electron chi connectivity index (χ4n) is 3.97. The van der Waals surface area contributed by atoms with Crippen molar-refractivity contribution in [3.05, 3.63) is 45.3 Å². The molecule has 2 heterocycles. The molecule has 1 fully saturated rings. The minimum atomic E-state index is -0.134. The van der Waals surface area contributed by atoms with Crippen LogP contribution < -0.4 is 10.9 Å². The molecule has 4 rings (SSSR count). The van der Waals surface area contributed by atoms with E-state index >= 15 is 0 Å². The average molecular weight is 450 g/mol. The number of anilines is 1. The van der Waals surface area contributed by atoms with Gasteiger partial charge in [0, 0.05) is 28.4 Å². The standard InChI is InChI=1S/C21H24ClN3O2S2/c1-13-10-17-19(29-13)20(27)25(16-8-3-2-4-9-16)21(24-17)28-12-18(26)23-15-7-5-6-14(22)11-15/h5-7,11,13,16H,2-4,8-10,12H2,1H3,(H,23,26). The summed E-state index contributed by atoms with van der Waals surface area (Å²) in [7, 11) is 0. The predicted molar refractivity (Wildman–Crippen MR) is 120 cm³/mol. The smallest absolute Gasteiger partial charge is 0.268 e. The van der Waals surface area contributed by atoms with Crippen LogP contribution in [0.15, 0.2) is 39.1 Å². The van der Waals surface area contributed by atoms with Gasteiger partial charge < -0.3 is 5.32 Å². The summed E-state index contributed by atoms with van der Waals surface area (Å²) in [6.45, 7) is 2.13. The number of aromatic nitrogens is 2. The van der Waals surface area contributed by atoms with Crippen LogP contribution in [-0.4, -0.2) is 26.5 Å². The molecule has 0 spiro atoms. The first kappa shape index (κ1) is 20.8. The van der Waals surface area contributed by atoms with Crippen molar-refractivity contribution < 1.29 is 4.79 Å². The monoisotopic (exact) mass is 449 g/mol. The van der Waals surface area contributed by atoms with Crippen molar-refractivity contribution in [1.29, 1.82) is 0 Å². The Bertz CT molecular complexity index is 973. The van der Waals surface area contributed by atoms with Crippen molar-refractivity contribution in [3.63, 3.8) is 0 Å². The van der Waals surface area contributed by atoms with E-state index in [1.54, 1.807) is 36.0 Å². The SMILES string of the molecule is CC1Cc2nc(SCC(=O)Nc3cccc(Cl)c3)n(C3CCCCC3)c(=O)c2S1. The summed E-state index contributed by atoms with van der Waals surface area (Å²) >= 11 is 8.97. The molecule has 5 nitrogen and oxygen atoms in total. The van der Waals surface area contributed by atoms with Crippen molar-refractivity contribution in [1.82, 2.24) is 9.55 Å². The normalized spacial score (nSPS) is 19.2. The number of hydrogen-bond donors (Lipinski definition) is 1. The minimum Gasteiger partial charge on any atom is -0.325 e. The van der Waals surface area contributed by atoms with Crippen molar-refractivity contribution in [2.24, 2.45) is 0 Å². The van der Waals surface area contributed by atoms with Crippen LogP contribution in [0, 0.1) is 0 Å². The molecule has 1 amide bonds. The second-order valence-corrected chi connectivity index (χ2v) is 10.4. The zero-order valence-corrected chi connectivity index (χ0v) is 18.7. The number of fused-ring (bicyclic) bond motifs is 1. The Kier molecular flexibility index (Phi) is 6.56. The molecule has 8 heteroatoms. The molecule has 2 aromatic rings. The summed E-state index contributed by atoms with van der Waals surface area (Å²) < 4.78 is 1.88. The Balaban J connectivity index is 1.55. The maximum atomic E-state index is 13.3. The molecule has 1 aliphatic heterocycles. The molecule has 0 bridgehead atoms. The van der Waals surface area contributed by atoms with E-state index < -0.39 is 0 Å². The molecule has 2 aliphatic rings. The molecule has 0 saturated heterocycles. The number of rotatable bonds is 5. The number of carbonyl (C=O) groups is 1. The summed E-state index contributed by atoms with van der Waals surface area (Å²) in [5, 5.41) is 4.49. The van der Waals surface area contributed by atoms with Crippen molar-refractivity contribution in [2.75, 3.05) is 11.1 Å². The van der Waals surface area contributed by atoms with Crippen LogP contribution >= 0.6 is 35.1 Å². The third-order valence-corrected chi connectivity index (χ3v) is 7.70. The van der Waals surface area contributed by atoms with Gasteiger partial charge in [0.1, 0.15) is 0 Å². The number of amides is 1. The van der Waals surface area contributed by atoms with E-state index in [1.807, 2.05) is 4.57 Å². The van der Waals surface area contributed by atoms with Gasteiger partial charge in [-0.2, -0.15) is 0 Å². The lowest BCUT2D eigenvalue weighted by atomic mass is 9.95. The largest absolute Gasteiger partial charge is 0.325 e. The first-order chi connectivity index (χ1) is 14.0. The van der Waals surface area contributed by atoms with Gasteiger partial charge in [0.2, 0.25) is 5.91 Å². The molecular weight excluding hydrogens is 426 g/mol. The van der Waals surface area contributed by atoms with Crippen molar-refractivity contribution in [2.45, 2.75) is 66.8 Å². The molecule has 1 aliphatic carbocycles. The third kappa shape index (κ3) is 4.84. The van der Waals surface area contributed by atoms with Gasteiger partial charge in [0.25, 0.3) is 5.56 Å². The summed E-state index contributed by atoms with van der Waals surface area (Å²) in [4.78, 5) is 31.4. The number of benzene rings is 1. The van der Waals surface area contributed by atoms with Gasteiger partial charge in [-0.1, -0.05) is 55.6 Å². The van der Waals surface area contributed by atoms with Gasteiger partial charge in [0.05, 0.1) is 16.3 Å². The van der Waals surface area contributed by atoms with Gasteiger partial charge in [0.15, 0.2) is 5.16 Å². The molecule has 29 heavy (non-hydrogen) atoms. The van der Waals surface area contributed by atoms with Crippen LogP contribution in [0.25, 0.3) is 0 Å². The van der Waals surface area contributed by atoms with Crippen LogP contribution in [0.3, 0.4) is 0 Å². The number of nitrogens with zero attached hydrogens (tertiary/aromatic N) is 2. The quantitative estimate of drug-likeness (QED) is 0.504. The minimum absolute atomic E-state index is 0.0778. The first-order valence-electron chi connectivity index (χ1n) is 10.0. The van der Waals surface area contributed by atoms with E-state index in [0.29, 0.717) is 21.1 Å². The van der Waals surface area contributed by atoms with Gasteiger partial charge in [-0.25, -0.2) is 4.98 Å². The topological polar surface area (TPSA) is 64.0 Å². The molecular formula is C21H24ClN3O2S2. The summed E-state index contributed by atoms with van der Waals surface area (Å²) in [6, 6.07) is 7.27.